The van der Waals surface area contributed by atoms with Gasteiger partial charge < -0.3 is 9.80 Å². The van der Waals surface area contributed by atoms with E-state index in [0.717, 1.165) is 18.2 Å². The molecule has 0 bridgehead atoms. The van der Waals surface area contributed by atoms with Crippen LogP contribution in [0.25, 0.3) is 17.0 Å². The summed E-state index contributed by atoms with van der Waals surface area (Å²) >= 11 is 7.03. The van der Waals surface area contributed by atoms with E-state index in [1.54, 1.807) is 9.80 Å². The van der Waals surface area contributed by atoms with Gasteiger partial charge in [-0.2, -0.15) is 18.2 Å². The molecule has 1 amide bonds. The Morgan fingerprint density at radius 3 is 2.46 bits per heavy atom. The summed E-state index contributed by atoms with van der Waals surface area (Å²) < 4.78 is 71.4. The fourth-order valence-electron chi connectivity index (χ4n) is 5.46. The molecule has 1 aromatic carbocycles. The number of benzene rings is 1. The van der Waals surface area contributed by atoms with Gasteiger partial charge in [-0.1, -0.05) is 31.2 Å². The van der Waals surface area contributed by atoms with Gasteiger partial charge in [0.2, 0.25) is 5.91 Å². The zero-order chi connectivity index (χ0) is 30.2. The highest BCUT2D eigenvalue weighted by Crippen LogP contribution is 2.47. The van der Waals surface area contributed by atoms with E-state index in [9.17, 15) is 31.5 Å². The largest absolute Gasteiger partial charge is 0.417 e. The van der Waals surface area contributed by atoms with Crippen molar-refractivity contribution in [3.8, 4) is 0 Å². The van der Waals surface area contributed by atoms with Crippen molar-refractivity contribution in [3.05, 3.63) is 69.7 Å². The second-order valence-electron chi connectivity index (χ2n) is 9.90. The fraction of sp³-hybridized carbons (Fsp3) is 0.393. The molecule has 220 valence electrons. The van der Waals surface area contributed by atoms with Gasteiger partial charge in [-0.3, -0.25) is 9.36 Å². The molecule has 41 heavy (non-hydrogen) atoms. The van der Waals surface area contributed by atoms with E-state index in [2.05, 4.69) is 11.6 Å². The first kappa shape index (κ1) is 30.8. The number of carbonyl (C=O) groups is 1. The minimum absolute atomic E-state index is 0.0741. The van der Waals surface area contributed by atoms with Crippen LogP contribution in [0, 0.1) is 0 Å². The van der Waals surface area contributed by atoms with Crippen molar-refractivity contribution in [2.24, 2.45) is 0 Å². The maximum atomic E-state index is 14.5. The highest BCUT2D eigenvalue weighted by atomic mass is 35.5. The summed E-state index contributed by atoms with van der Waals surface area (Å²) in [6.07, 6.45) is -0.737. The lowest BCUT2D eigenvalue weighted by Crippen LogP contribution is -2.58. The third-order valence-corrected chi connectivity index (χ3v) is 8.79. The van der Waals surface area contributed by atoms with E-state index in [4.69, 9.17) is 11.6 Å². The zero-order valence-corrected chi connectivity index (χ0v) is 24.1. The van der Waals surface area contributed by atoms with Crippen LogP contribution in [0.3, 0.4) is 0 Å². The predicted octanol–water partition coefficient (Wildman–Crippen LogP) is 7.00. The first-order valence-electron chi connectivity index (χ1n) is 12.9. The Labute approximate surface area is 242 Å². The lowest BCUT2D eigenvalue weighted by atomic mass is 10.00. The third-order valence-electron chi connectivity index (χ3n) is 7.23. The van der Waals surface area contributed by atoms with Gasteiger partial charge in [-0.15, -0.1) is 11.8 Å². The molecule has 2 aromatic rings. The van der Waals surface area contributed by atoms with Crippen LogP contribution in [-0.4, -0.2) is 51.3 Å². The SMILES string of the molecule is C=CC(=O)N1C(C)CN(c2nc(=O)n3c4c(c(/C=C/C(Cl)=C(F)\C=C\F)c(C(F)(F)F)cc24)SCC3CC)CC1C. The lowest BCUT2D eigenvalue weighted by molar-refractivity contribution is -0.137. The molecule has 1 fully saturated rings. The minimum Gasteiger partial charge on any atom is -0.352 e. The van der Waals surface area contributed by atoms with E-state index in [1.165, 1.54) is 22.4 Å². The monoisotopic (exact) mass is 614 g/mol. The van der Waals surface area contributed by atoms with Gasteiger partial charge >= 0.3 is 11.9 Å². The van der Waals surface area contributed by atoms with Crippen LogP contribution in [0.1, 0.15) is 44.4 Å². The maximum Gasteiger partial charge on any atom is 0.417 e. The number of hydrogen-bond acceptors (Lipinski definition) is 5. The molecule has 3 atom stereocenters. The van der Waals surface area contributed by atoms with E-state index >= 15 is 0 Å². The average Bonchev–Trinajstić information content (AvgIpc) is 2.92. The van der Waals surface area contributed by atoms with Crippen molar-refractivity contribution in [3.63, 3.8) is 0 Å². The summed E-state index contributed by atoms with van der Waals surface area (Å²) in [5.74, 6) is -1.01. The van der Waals surface area contributed by atoms with Crippen molar-refractivity contribution in [2.45, 2.75) is 56.4 Å². The molecule has 0 saturated carbocycles. The van der Waals surface area contributed by atoms with Crippen LogP contribution in [0.15, 0.2) is 57.8 Å². The zero-order valence-electron chi connectivity index (χ0n) is 22.5. The summed E-state index contributed by atoms with van der Waals surface area (Å²) in [5.41, 5.74) is -1.60. The lowest BCUT2D eigenvalue weighted by Gasteiger charge is -2.45. The smallest absolute Gasteiger partial charge is 0.352 e. The third kappa shape index (κ3) is 5.81. The molecular formula is C28H28ClF5N4O2S. The van der Waals surface area contributed by atoms with Crippen LogP contribution in [0.4, 0.5) is 27.8 Å². The number of thioether (sulfide) groups is 1. The molecule has 0 N–H and O–H groups in total. The number of piperazine rings is 1. The van der Waals surface area contributed by atoms with Crippen molar-refractivity contribution in [1.82, 2.24) is 14.5 Å². The fourth-order valence-corrected chi connectivity index (χ4v) is 7.01. The second-order valence-corrected chi connectivity index (χ2v) is 11.3. The number of aromatic nitrogens is 2. The summed E-state index contributed by atoms with van der Waals surface area (Å²) in [6, 6.07) is -0.0185. The van der Waals surface area contributed by atoms with Crippen molar-refractivity contribution >= 4 is 52.1 Å². The summed E-state index contributed by atoms with van der Waals surface area (Å²) in [5, 5.41) is -0.444. The molecule has 2 aliphatic rings. The molecule has 1 aromatic heterocycles. The molecule has 4 rings (SSSR count). The Kier molecular flexibility index (Phi) is 9.03. The van der Waals surface area contributed by atoms with E-state index in [0.29, 0.717) is 23.8 Å². The first-order valence-corrected chi connectivity index (χ1v) is 14.2. The summed E-state index contributed by atoms with van der Waals surface area (Å²) in [6.45, 7) is 9.51. The normalized spacial score (nSPS) is 22.1. The number of rotatable bonds is 6. The number of hydrogen-bond donors (Lipinski definition) is 0. The Balaban J connectivity index is 2.01. The number of nitrogens with zero attached hydrogens (tertiary/aromatic N) is 4. The number of carbonyl (C=O) groups excluding carboxylic acids is 1. The van der Waals surface area contributed by atoms with Gasteiger partial charge in [0, 0.05) is 58.9 Å². The average molecular weight is 615 g/mol. The quantitative estimate of drug-likeness (QED) is 0.199. The molecule has 0 spiro atoms. The predicted molar refractivity (Wildman–Crippen MR) is 153 cm³/mol. The maximum absolute atomic E-state index is 14.5. The van der Waals surface area contributed by atoms with Gasteiger partial charge in [-0.05, 0) is 38.5 Å². The molecule has 3 heterocycles. The molecule has 6 nitrogen and oxygen atoms in total. The number of amides is 1. The number of allylic oxidation sites excluding steroid dienone is 4. The van der Waals surface area contributed by atoms with Gasteiger partial charge in [0.25, 0.3) is 0 Å². The summed E-state index contributed by atoms with van der Waals surface area (Å²) in [4.78, 5) is 33.7. The molecule has 0 aliphatic carbocycles. The highest BCUT2D eigenvalue weighted by molar-refractivity contribution is 7.99. The standard InChI is InChI=1S/C28H28ClF5N4O2S/c1-5-17-14-41-25-18(7-8-21(29)22(31)9-10-30)20(28(32,33)34)11-19-24(25)38(17)27(40)35-26(19)36-12-15(3)37(16(4)13-36)23(39)6-2/h6-11,15-17H,2,5,12-14H2,1,3-4H3/b8-7+,10-9+,22-21-. The molecule has 3 unspecified atom stereocenters. The van der Waals surface area contributed by atoms with Gasteiger partial charge in [-0.25, -0.2) is 13.6 Å². The number of halogens is 6. The number of anilines is 1. The Hall–Kier alpha value is -3.12. The summed E-state index contributed by atoms with van der Waals surface area (Å²) in [7, 11) is 0. The Morgan fingerprint density at radius 2 is 1.90 bits per heavy atom. The molecular weight excluding hydrogens is 587 g/mol. The van der Waals surface area contributed by atoms with Gasteiger partial charge in [0.1, 0.15) is 11.6 Å². The van der Waals surface area contributed by atoms with Gasteiger partial charge in [0.05, 0.1) is 22.4 Å². The highest BCUT2D eigenvalue weighted by Gasteiger charge is 2.39. The molecule has 1 saturated heterocycles. The number of alkyl halides is 3. The van der Waals surface area contributed by atoms with Crippen LogP contribution >= 0.6 is 23.4 Å². The van der Waals surface area contributed by atoms with Crippen molar-refractivity contribution < 1.29 is 26.7 Å². The molecule has 0 radical (unpaired) electrons. The molecule has 13 heteroatoms. The van der Waals surface area contributed by atoms with E-state index in [-0.39, 0.29) is 65.1 Å². The van der Waals surface area contributed by atoms with Crippen molar-refractivity contribution in [1.29, 1.82) is 0 Å². The van der Waals surface area contributed by atoms with Crippen LogP contribution in [-0.2, 0) is 11.0 Å². The Morgan fingerprint density at radius 1 is 1.24 bits per heavy atom. The van der Waals surface area contributed by atoms with E-state index in [1.807, 2.05) is 20.8 Å². The minimum atomic E-state index is -4.83. The van der Waals surface area contributed by atoms with Crippen LogP contribution in [0.5, 0.6) is 0 Å². The van der Waals surface area contributed by atoms with Crippen LogP contribution < -0.4 is 10.6 Å². The van der Waals surface area contributed by atoms with Crippen molar-refractivity contribution in [2.75, 3.05) is 23.7 Å². The van der Waals surface area contributed by atoms with Crippen LogP contribution in [0.2, 0.25) is 0 Å². The topological polar surface area (TPSA) is 58.4 Å². The first-order chi connectivity index (χ1) is 19.3. The molecule has 2 aliphatic heterocycles. The Bertz CT molecular complexity index is 1520. The second kappa shape index (κ2) is 12.0. The van der Waals surface area contributed by atoms with Gasteiger partial charge in [0.15, 0.2) is 0 Å². The van der Waals surface area contributed by atoms with E-state index < -0.39 is 28.3 Å².